The Bertz CT molecular complexity index is 640. The summed E-state index contributed by atoms with van der Waals surface area (Å²) in [4.78, 5) is 0.951. The maximum atomic E-state index is 13.8. The van der Waals surface area contributed by atoms with E-state index in [2.05, 4.69) is 21.4 Å². The monoisotopic (exact) mass is 376 g/mol. The second kappa shape index (κ2) is 7.31. The van der Waals surface area contributed by atoms with Crippen molar-refractivity contribution in [1.82, 2.24) is 5.43 Å². The van der Waals surface area contributed by atoms with Gasteiger partial charge in [0.05, 0.1) is 6.04 Å². The Morgan fingerprint density at radius 1 is 1.14 bits per heavy atom. The predicted molar refractivity (Wildman–Crippen MR) is 81.2 cm³/mol. The average Bonchev–Trinajstić information content (AvgIpc) is 2.47. The summed E-state index contributed by atoms with van der Waals surface area (Å²) in [6.45, 7) is 0. The van der Waals surface area contributed by atoms with Gasteiger partial charge in [-0.15, -0.1) is 11.8 Å². The van der Waals surface area contributed by atoms with Crippen LogP contribution in [-0.2, 0) is 0 Å². The molecule has 2 aromatic rings. The minimum atomic E-state index is -1.49. The van der Waals surface area contributed by atoms with Crippen LogP contribution >= 0.6 is 27.7 Å². The summed E-state index contributed by atoms with van der Waals surface area (Å²) in [5.41, 5.74) is 2.43. The molecule has 0 spiro atoms. The van der Waals surface area contributed by atoms with Crippen LogP contribution < -0.4 is 11.3 Å². The molecule has 0 saturated heterocycles. The number of hydrogen-bond donors (Lipinski definition) is 2. The van der Waals surface area contributed by atoms with E-state index in [9.17, 15) is 13.2 Å². The third kappa shape index (κ3) is 4.00. The van der Waals surface area contributed by atoms with Gasteiger partial charge < -0.3 is 0 Å². The molecular formula is C14H12BrF3N2S. The summed E-state index contributed by atoms with van der Waals surface area (Å²) in [5, 5.41) is 0. The molecule has 0 aliphatic rings. The molecule has 0 heterocycles. The number of hydrogen-bond acceptors (Lipinski definition) is 3. The predicted octanol–water partition coefficient (Wildman–Crippen LogP) is 4.16. The van der Waals surface area contributed by atoms with Gasteiger partial charge in [0, 0.05) is 20.7 Å². The number of benzene rings is 2. The zero-order valence-electron chi connectivity index (χ0n) is 10.7. The Labute approximate surface area is 133 Å². The maximum Gasteiger partial charge on any atom is 0.194 e. The van der Waals surface area contributed by atoms with Crippen LogP contribution in [0.4, 0.5) is 13.2 Å². The summed E-state index contributed by atoms with van der Waals surface area (Å²) in [6.07, 6.45) is 0. The minimum absolute atomic E-state index is 0.00102. The molecular weight excluding hydrogens is 365 g/mol. The van der Waals surface area contributed by atoms with Gasteiger partial charge in [-0.25, -0.2) is 13.2 Å². The van der Waals surface area contributed by atoms with Crippen molar-refractivity contribution in [2.24, 2.45) is 5.84 Å². The van der Waals surface area contributed by atoms with Crippen LogP contribution in [0.15, 0.2) is 45.8 Å². The topological polar surface area (TPSA) is 38.0 Å². The quantitative estimate of drug-likeness (QED) is 0.356. The third-order valence-electron chi connectivity index (χ3n) is 2.85. The number of hydrazine groups is 1. The van der Waals surface area contributed by atoms with E-state index in [0.717, 1.165) is 15.4 Å². The van der Waals surface area contributed by atoms with Crippen LogP contribution in [-0.4, -0.2) is 5.75 Å². The fraction of sp³-hybridized carbons (Fsp3) is 0.143. The van der Waals surface area contributed by atoms with Gasteiger partial charge in [-0.3, -0.25) is 11.3 Å². The van der Waals surface area contributed by atoms with Crippen molar-refractivity contribution < 1.29 is 13.2 Å². The first kappa shape index (κ1) is 16.4. The molecule has 1 unspecified atom stereocenters. The second-order valence-corrected chi connectivity index (χ2v) is 6.26. The average molecular weight is 377 g/mol. The highest BCUT2D eigenvalue weighted by Gasteiger charge is 2.20. The first-order valence-electron chi connectivity index (χ1n) is 6.01. The maximum absolute atomic E-state index is 13.8. The molecule has 21 heavy (non-hydrogen) atoms. The van der Waals surface area contributed by atoms with Gasteiger partial charge >= 0.3 is 0 Å². The normalized spacial score (nSPS) is 12.4. The lowest BCUT2D eigenvalue weighted by Gasteiger charge is -2.17. The van der Waals surface area contributed by atoms with Crippen LogP contribution in [0.3, 0.4) is 0 Å². The molecule has 0 aliphatic heterocycles. The van der Waals surface area contributed by atoms with Crippen LogP contribution in [0, 0.1) is 17.5 Å². The van der Waals surface area contributed by atoms with E-state index in [1.807, 2.05) is 24.3 Å². The van der Waals surface area contributed by atoms with Gasteiger partial charge in [0.15, 0.2) is 17.5 Å². The lowest BCUT2D eigenvalue weighted by atomic mass is 10.1. The molecule has 2 rings (SSSR count). The van der Waals surface area contributed by atoms with Crippen molar-refractivity contribution in [2.75, 3.05) is 5.75 Å². The fourth-order valence-electron chi connectivity index (χ4n) is 1.77. The molecule has 3 N–H and O–H groups in total. The molecule has 0 bridgehead atoms. The lowest BCUT2D eigenvalue weighted by Crippen LogP contribution is -2.30. The van der Waals surface area contributed by atoms with Crippen molar-refractivity contribution in [3.8, 4) is 0 Å². The molecule has 7 heteroatoms. The molecule has 112 valence electrons. The van der Waals surface area contributed by atoms with Gasteiger partial charge in [-0.05, 0) is 24.3 Å². The van der Waals surface area contributed by atoms with E-state index in [1.54, 1.807) is 0 Å². The van der Waals surface area contributed by atoms with E-state index < -0.39 is 23.5 Å². The van der Waals surface area contributed by atoms with Crippen molar-refractivity contribution >= 4 is 27.7 Å². The number of halogens is 4. The number of nitrogens with one attached hydrogen (secondary N) is 1. The Hall–Kier alpha value is -1.02. The van der Waals surface area contributed by atoms with Crippen molar-refractivity contribution in [3.63, 3.8) is 0 Å². The minimum Gasteiger partial charge on any atom is -0.271 e. The van der Waals surface area contributed by atoms with Crippen molar-refractivity contribution in [2.45, 2.75) is 10.9 Å². The molecule has 0 amide bonds. The van der Waals surface area contributed by atoms with Crippen LogP contribution in [0.1, 0.15) is 11.6 Å². The lowest BCUT2D eigenvalue weighted by molar-refractivity contribution is 0.431. The summed E-state index contributed by atoms with van der Waals surface area (Å²) in [7, 11) is 0. The fourth-order valence-corrected chi connectivity index (χ4v) is 3.34. The number of rotatable bonds is 5. The summed E-state index contributed by atoms with van der Waals surface area (Å²) >= 11 is 4.78. The Morgan fingerprint density at radius 3 is 2.57 bits per heavy atom. The van der Waals surface area contributed by atoms with Crippen LogP contribution in [0.2, 0.25) is 0 Å². The SMILES string of the molecule is NNC(CSc1cccc(Br)c1)c1ccc(F)c(F)c1F. The molecule has 2 nitrogen and oxygen atoms in total. The van der Waals surface area contributed by atoms with Crippen molar-refractivity contribution in [1.29, 1.82) is 0 Å². The van der Waals surface area contributed by atoms with Gasteiger partial charge in [0.1, 0.15) is 0 Å². The Morgan fingerprint density at radius 2 is 1.90 bits per heavy atom. The van der Waals surface area contributed by atoms with E-state index in [-0.39, 0.29) is 5.56 Å². The molecule has 0 aromatic heterocycles. The van der Waals surface area contributed by atoms with Gasteiger partial charge in [0.2, 0.25) is 0 Å². The van der Waals surface area contributed by atoms with Crippen molar-refractivity contribution in [3.05, 3.63) is 63.9 Å². The van der Waals surface area contributed by atoms with Crippen LogP contribution in [0.25, 0.3) is 0 Å². The standard InChI is InChI=1S/C14H12BrF3N2S/c15-8-2-1-3-9(6-8)21-7-12(20-19)10-4-5-11(16)14(18)13(10)17/h1-6,12,20H,7,19H2. The largest absolute Gasteiger partial charge is 0.271 e. The first-order chi connectivity index (χ1) is 10.0. The second-order valence-electron chi connectivity index (χ2n) is 4.25. The number of nitrogens with two attached hydrogens (primary N) is 1. The van der Waals surface area contributed by atoms with Crippen LogP contribution in [0.5, 0.6) is 0 Å². The van der Waals surface area contributed by atoms with Gasteiger partial charge in [-0.1, -0.05) is 28.1 Å². The van der Waals surface area contributed by atoms with E-state index in [4.69, 9.17) is 5.84 Å². The Balaban J connectivity index is 2.15. The first-order valence-corrected chi connectivity index (χ1v) is 7.78. The Kier molecular flexibility index (Phi) is 5.69. The third-order valence-corrected chi connectivity index (χ3v) is 4.43. The zero-order chi connectivity index (χ0) is 15.4. The van der Waals surface area contributed by atoms with E-state index in [0.29, 0.717) is 5.75 Å². The highest BCUT2D eigenvalue weighted by molar-refractivity contribution is 9.10. The molecule has 0 aliphatic carbocycles. The van der Waals surface area contributed by atoms with E-state index >= 15 is 0 Å². The van der Waals surface area contributed by atoms with Gasteiger partial charge in [0.25, 0.3) is 0 Å². The zero-order valence-corrected chi connectivity index (χ0v) is 13.1. The summed E-state index contributed by atoms with van der Waals surface area (Å²) in [6, 6.07) is 9.00. The number of thioether (sulfide) groups is 1. The summed E-state index contributed by atoms with van der Waals surface area (Å²) < 4.78 is 40.9. The molecule has 0 saturated carbocycles. The highest BCUT2D eigenvalue weighted by atomic mass is 79.9. The smallest absolute Gasteiger partial charge is 0.194 e. The molecule has 1 atom stereocenters. The van der Waals surface area contributed by atoms with Gasteiger partial charge in [-0.2, -0.15) is 0 Å². The molecule has 0 radical (unpaired) electrons. The molecule has 2 aromatic carbocycles. The summed E-state index contributed by atoms with van der Waals surface area (Å²) in [5.74, 6) is 1.85. The molecule has 0 fully saturated rings. The highest BCUT2D eigenvalue weighted by Crippen LogP contribution is 2.28. The van der Waals surface area contributed by atoms with E-state index in [1.165, 1.54) is 17.8 Å².